The summed E-state index contributed by atoms with van der Waals surface area (Å²) in [5.74, 6) is 0.00485. The van der Waals surface area contributed by atoms with Crippen LogP contribution in [0.1, 0.15) is 129 Å². The largest absolute Gasteiger partial charge is 0.466 e. The number of carbonyl (C=O) groups is 1. The molecule has 0 aromatic carbocycles. The van der Waals surface area contributed by atoms with Crippen LogP contribution in [-0.2, 0) is 9.53 Å². The molecule has 0 aliphatic rings. The molecule has 0 bridgehead atoms. The van der Waals surface area contributed by atoms with Gasteiger partial charge in [-0.1, -0.05) is 103 Å². The summed E-state index contributed by atoms with van der Waals surface area (Å²) in [4.78, 5) is 11.6. The van der Waals surface area contributed by atoms with Crippen LogP contribution in [0.25, 0.3) is 0 Å². The molecule has 0 saturated heterocycles. The van der Waals surface area contributed by atoms with Gasteiger partial charge in [-0.05, 0) is 32.1 Å². The molecular formula is C24H46O2. The van der Waals surface area contributed by atoms with E-state index in [1.54, 1.807) is 0 Å². The Morgan fingerprint density at radius 2 is 1.12 bits per heavy atom. The highest BCUT2D eigenvalue weighted by molar-refractivity contribution is 5.69. The fourth-order valence-electron chi connectivity index (χ4n) is 3.11. The Hall–Kier alpha value is -0.790. The summed E-state index contributed by atoms with van der Waals surface area (Å²) in [6.45, 7) is 5.08. The second kappa shape index (κ2) is 22.3. The van der Waals surface area contributed by atoms with Gasteiger partial charge in [-0.2, -0.15) is 0 Å². The predicted octanol–water partition coefficient (Wildman–Crippen LogP) is 8.15. The molecule has 0 saturated carbocycles. The third kappa shape index (κ3) is 21.3. The van der Waals surface area contributed by atoms with E-state index in [4.69, 9.17) is 4.74 Å². The molecule has 0 aliphatic carbocycles. The smallest absolute Gasteiger partial charge is 0.305 e. The molecule has 0 amide bonds. The van der Waals surface area contributed by atoms with Gasteiger partial charge in [-0.15, -0.1) is 0 Å². The first-order valence-electron chi connectivity index (χ1n) is 11.6. The van der Waals surface area contributed by atoms with E-state index in [9.17, 15) is 4.79 Å². The highest BCUT2D eigenvalue weighted by Gasteiger charge is 2.02. The monoisotopic (exact) mass is 366 g/mol. The van der Waals surface area contributed by atoms with Crippen LogP contribution in [0.15, 0.2) is 12.2 Å². The van der Waals surface area contributed by atoms with Crippen molar-refractivity contribution < 1.29 is 9.53 Å². The highest BCUT2D eigenvalue weighted by atomic mass is 16.5. The maximum absolute atomic E-state index is 11.6. The summed E-state index contributed by atoms with van der Waals surface area (Å²) in [7, 11) is 0. The maximum Gasteiger partial charge on any atom is 0.305 e. The van der Waals surface area contributed by atoms with Gasteiger partial charge in [0.05, 0.1) is 6.61 Å². The number of carbonyl (C=O) groups excluding carboxylic acids is 1. The van der Waals surface area contributed by atoms with Gasteiger partial charge in [0.25, 0.3) is 0 Å². The van der Waals surface area contributed by atoms with E-state index in [0.29, 0.717) is 13.0 Å². The zero-order chi connectivity index (χ0) is 19.1. The Kier molecular flexibility index (Phi) is 21.6. The Labute approximate surface area is 164 Å². The van der Waals surface area contributed by atoms with Crippen molar-refractivity contribution in [2.24, 2.45) is 0 Å². The average molecular weight is 367 g/mol. The number of ether oxygens (including phenoxy) is 1. The molecule has 0 aromatic heterocycles. The van der Waals surface area contributed by atoms with Crippen molar-refractivity contribution in [3.8, 4) is 0 Å². The second-order valence-electron chi connectivity index (χ2n) is 7.62. The molecule has 154 valence electrons. The molecule has 2 heteroatoms. The van der Waals surface area contributed by atoms with Crippen LogP contribution in [0.3, 0.4) is 0 Å². The highest BCUT2D eigenvalue weighted by Crippen LogP contribution is 2.11. The summed E-state index contributed by atoms with van der Waals surface area (Å²) in [5.41, 5.74) is 0. The van der Waals surface area contributed by atoms with E-state index in [1.165, 1.54) is 89.9 Å². The van der Waals surface area contributed by atoms with Gasteiger partial charge in [0.2, 0.25) is 0 Å². The summed E-state index contributed by atoms with van der Waals surface area (Å²) >= 11 is 0. The summed E-state index contributed by atoms with van der Waals surface area (Å²) in [6.07, 6.45) is 26.7. The molecule has 26 heavy (non-hydrogen) atoms. The number of esters is 1. The van der Waals surface area contributed by atoms with Gasteiger partial charge in [0, 0.05) is 6.42 Å². The molecule has 0 aromatic rings. The number of hydrogen-bond acceptors (Lipinski definition) is 2. The molecule has 0 aliphatic heterocycles. The molecule has 0 unspecified atom stereocenters. The van der Waals surface area contributed by atoms with Crippen molar-refractivity contribution in [2.75, 3.05) is 6.61 Å². The van der Waals surface area contributed by atoms with Gasteiger partial charge in [-0.3, -0.25) is 4.79 Å². The van der Waals surface area contributed by atoms with Crippen LogP contribution >= 0.6 is 0 Å². The lowest BCUT2D eigenvalue weighted by Crippen LogP contribution is -2.05. The standard InChI is InChI=1S/C24H46O2/c1-3-5-7-9-10-11-12-13-14-15-16-17-19-21-23-26-24(25)22-20-18-8-6-4-2/h9-10H,3-8,11-23H2,1-2H3/b10-9-. The topological polar surface area (TPSA) is 26.3 Å². The quantitative estimate of drug-likeness (QED) is 0.123. The van der Waals surface area contributed by atoms with Crippen LogP contribution in [0.2, 0.25) is 0 Å². The fraction of sp³-hybridized carbons (Fsp3) is 0.875. The number of allylic oxidation sites excluding steroid dienone is 2. The van der Waals surface area contributed by atoms with E-state index in [0.717, 1.165) is 19.3 Å². The number of hydrogen-bond donors (Lipinski definition) is 0. The Morgan fingerprint density at radius 1 is 0.615 bits per heavy atom. The molecule has 0 atom stereocenters. The van der Waals surface area contributed by atoms with Gasteiger partial charge in [0.1, 0.15) is 0 Å². The minimum absolute atomic E-state index is 0.00485. The first kappa shape index (κ1) is 25.2. The second-order valence-corrected chi connectivity index (χ2v) is 7.62. The molecule has 2 nitrogen and oxygen atoms in total. The van der Waals surface area contributed by atoms with Crippen molar-refractivity contribution in [1.82, 2.24) is 0 Å². The van der Waals surface area contributed by atoms with E-state index in [-0.39, 0.29) is 5.97 Å². The lowest BCUT2D eigenvalue weighted by atomic mass is 10.1. The van der Waals surface area contributed by atoms with Crippen LogP contribution in [0.5, 0.6) is 0 Å². The van der Waals surface area contributed by atoms with E-state index < -0.39 is 0 Å². The molecule has 0 rings (SSSR count). The number of rotatable bonds is 20. The molecule has 0 spiro atoms. The molecule has 0 heterocycles. The van der Waals surface area contributed by atoms with E-state index in [2.05, 4.69) is 26.0 Å². The van der Waals surface area contributed by atoms with E-state index >= 15 is 0 Å². The van der Waals surface area contributed by atoms with Crippen molar-refractivity contribution in [1.29, 1.82) is 0 Å². The molecular weight excluding hydrogens is 320 g/mol. The Morgan fingerprint density at radius 3 is 1.77 bits per heavy atom. The summed E-state index contributed by atoms with van der Waals surface area (Å²) in [6, 6.07) is 0. The molecule has 0 radical (unpaired) electrons. The van der Waals surface area contributed by atoms with Gasteiger partial charge in [0.15, 0.2) is 0 Å². The molecule has 0 fully saturated rings. The first-order valence-corrected chi connectivity index (χ1v) is 11.6. The minimum atomic E-state index is 0.00485. The third-order valence-electron chi connectivity index (χ3n) is 4.90. The SMILES string of the molecule is CCCC/C=C\CCCCCCCCCCOC(=O)CCCCCCC. The lowest BCUT2D eigenvalue weighted by Gasteiger charge is -2.05. The lowest BCUT2D eigenvalue weighted by molar-refractivity contribution is -0.143. The van der Waals surface area contributed by atoms with Crippen molar-refractivity contribution in [3.63, 3.8) is 0 Å². The average Bonchev–Trinajstić information content (AvgIpc) is 2.64. The zero-order valence-corrected chi connectivity index (χ0v) is 17.9. The summed E-state index contributed by atoms with van der Waals surface area (Å²) < 4.78 is 5.31. The van der Waals surface area contributed by atoms with Gasteiger partial charge < -0.3 is 4.74 Å². The zero-order valence-electron chi connectivity index (χ0n) is 17.9. The van der Waals surface area contributed by atoms with Crippen molar-refractivity contribution >= 4 is 5.97 Å². The van der Waals surface area contributed by atoms with Crippen LogP contribution < -0.4 is 0 Å². The predicted molar refractivity (Wildman–Crippen MR) is 115 cm³/mol. The number of unbranched alkanes of at least 4 members (excludes halogenated alkanes) is 14. The minimum Gasteiger partial charge on any atom is -0.466 e. The Balaban J connectivity index is 3.14. The van der Waals surface area contributed by atoms with Crippen molar-refractivity contribution in [3.05, 3.63) is 12.2 Å². The van der Waals surface area contributed by atoms with Crippen LogP contribution in [-0.4, -0.2) is 12.6 Å². The molecule has 0 N–H and O–H groups in total. The van der Waals surface area contributed by atoms with Gasteiger partial charge in [-0.25, -0.2) is 0 Å². The van der Waals surface area contributed by atoms with E-state index in [1.807, 2.05) is 0 Å². The Bertz CT molecular complexity index is 309. The third-order valence-corrected chi connectivity index (χ3v) is 4.90. The van der Waals surface area contributed by atoms with Gasteiger partial charge >= 0.3 is 5.97 Å². The fourth-order valence-corrected chi connectivity index (χ4v) is 3.11. The maximum atomic E-state index is 11.6. The first-order chi connectivity index (χ1) is 12.8. The summed E-state index contributed by atoms with van der Waals surface area (Å²) in [5, 5.41) is 0. The normalized spacial score (nSPS) is 11.3. The van der Waals surface area contributed by atoms with Crippen molar-refractivity contribution in [2.45, 2.75) is 129 Å². The van der Waals surface area contributed by atoms with Crippen LogP contribution in [0.4, 0.5) is 0 Å². The van der Waals surface area contributed by atoms with Crippen LogP contribution in [0, 0.1) is 0 Å².